The summed E-state index contributed by atoms with van der Waals surface area (Å²) >= 11 is 0. The molecule has 0 bridgehead atoms. The van der Waals surface area contributed by atoms with Crippen molar-refractivity contribution in [3.8, 4) is 0 Å². The minimum absolute atomic E-state index is 0.861. The molecule has 0 saturated carbocycles. The first-order valence-corrected chi connectivity index (χ1v) is 4.05. The maximum absolute atomic E-state index is 5.21. The largest absolute Gasteiger partial charge is 0.378 e. The smallest absolute Gasteiger partial charge is 0.0642 e. The van der Waals surface area contributed by atoms with E-state index in [4.69, 9.17) is 4.74 Å². The van der Waals surface area contributed by atoms with Crippen molar-refractivity contribution in [1.82, 2.24) is 4.90 Å². The molecule has 1 heterocycles. The van der Waals surface area contributed by atoms with Crippen molar-refractivity contribution in [3.63, 3.8) is 0 Å². The second-order valence-corrected chi connectivity index (χ2v) is 2.52. The Labute approximate surface area is 68.1 Å². The molecule has 0 spiro atoms. The number of morpholine rings is 1. The van der Waals surface area contributed by atoms with E-state index in [2.05, 4.69) is 17.2 Å². The van der Waals surface area contributed by atoms with Gasteiger partial charge in [0, 0.05) is 13.1 Å². The van der Waals surface area contributed by atoms with Gasteiger partial charge in [0.2, 0.25) is 0 Å². The van der Waals surface area contributed by atoms with Gasteiger partial charge < -0.3 is 9.64 Å². The van der Waals surface area contributed by atoms with E-state index in [-0.39, 0.29) is 0 Å². The number of hydrogen-bond donors (Lipinski definition) is 0. The first-order chi connectivity index (χ1) is 5.43. The summed E-state index contributed by atoms with van der Waals surface area (Å²) < 4.78 is 5.21. The molecule has 1 saturated heterocycles. The Bertz CT molecular complexity index is 146. The molecule has 1 aliphatic heterocycles. The molecule has 11 heavy (non-hydrogen) atoms. The molecule has 1 aliphatic rings. The van der Waals surface area contributed by atoms with Gasteiger partial charge in [0.25, 0.3) is 0 Å². The molecule has 1 rings (SSSR count). The zero-order chi connectivity index (χ0) is 7.94. The van der Waals surface area contributed by atoms with Crippen LogP contribution in [0.15, 0.2) is 24.4 Å². The molecule has 0 amide bonds. The molecule has 0 aliphatic carbocycles. The second kappa shape index (κ2) is 4.97. The van der Waals surface area contributed by atoms with Gasteiger partial charge in [-0.2, -0.15) is 0 Å². The molecule has 2 heteroatoms. The first-order valence-electron chi connectivity index (χ1n) is 4.05. The summed E-state index contributed by atoms with van der Waals surface area (Å²) in [6, 6.07) is 0. The van der Waals surface area contributed by atoms with Crippen LogP contribution in [-0.4, -0.2) is 31.2 Å². The van der Waals surface area contributed by atoms with Crippen LogP contribution >= 0.6 is 0 Å². The maximum Gasteiger partial charge on any atom is 0.0642 e. The van der Waals surface area contributed by atoms with Gasteiger partial charge in [-0.1, -0.05) is 12.2 Å². The van der Waals surface area contributed by atoms with Gasteiger partial charge in [-0.25, -0.2) is 0 Å². The lowest BCUT2D eigenvalue weighted by Gasteiger charge is -2.24. The fraction of sp³-hybridized carbons (Fsp3) is 0.556. The SMILES string of the molecule is CC=CC=CN1CCOCC1. The molecule has 0 atom stereocenters. The van der Waals surface area contributed by atoms with Gasteiger partial charge in [0.05, 0.1) is 13.2 Å². The summed E-state index contributed by atoms with van der Waals surface area (Å²) in [6.45, 7) is 5.78. The highest BCUT2D eigenvalue weighted by Crippen LogP contribution is 1.96. The van der Waals surface area contributed by atoms with E-state index in [1.54, 1.807) is 0 Å². The summed E-state index contributed by atoms with van der Waals surface area (Å²) in [6.07, 6.45) is 8.24. The lowest BCUT2D eigenvalue weighted by atomic mass is 10.4. The summed E-state index contributed by atoms with van der Waals surface area (Å²) in [5, 5.41) is 0. The average Bonchev–Trinajstić information content (AvgIpc) is 2.07. The monoisotopic (exact) mass is 153 g/mol. The van der Waals surface area contributed by atoms with Crippen molar-refractivity contribution in [2.75, 3.05) is 26.3 Å². The third-order valence-electron chi connectivity index (χ3n) is 1.65. The van der Waals surface area contributed by atoms with Gasteiger partial charge in [-0.3, -0.25) is 0 Å². The van der Waals surface area contributed by atoms with Gasteiger partial charge in [0.1, 0.15) is 0 Å². The third kappa shape index (κ3) is 3.23. The second-order valence-electron chi connectivity index (χ2n) is 2.52. The third-order valence-corrected chi connectivity index (χ3v) is 1.65. The van der Waals surface area contributed by atoms with Crippen LogP contribution in [0.1, 0.15) is 6.92 Å². The molecule has 0 aromatic carbocycles. The van der Waals surface area contributed by atoms with Crippen LogP contribution in [0.3, 0.4) is 0 Å². The normalized spacial score (nSPS) is 20.3. The zero-order valence-electron chi connectivity index (χ0n) is 6.99. The number of rotatable bonds is 2. The van der Waals surface area contributed by atoms with Crippen LogP contribution in [0.2, 0.25) is 0 Å². The molecule has 0 aromatic rings. The average molecular weight is 153 g/mol. The highest BCUT2D eigenvalue weighted by molar-refractivity contribution is 5.00. The first kappa shape index (κ1) is 8.34. The standard InChI is InChI=1S/C9H15NO/c1-2-3-4-5-10-6-8-11-9-7-10/h2-5H,6-9H2,1H3. The highest BCUT2D eigenvalue weighted by Gasteiger charge is 2.03. The van der Waals surface area contributed by atoms with Crippen molar-refractivity contribution in [2.24, 2.45) is 0 Å². The molecule has 0 aromatic heterocycles. The molecular formula is C9H15NO. The van der Waals surface area contributed by atoms with E-state index >= 15 is 0 Å². The Kier molecular flexibility index (Phi) is 3.76. The van der Waals surface area contributed by atoms with E-state index in [1.807, 2.05) is 19.1 Å². The Morgan fingerprint density at radius 2 is 1.91 bits per heavy atom. The highest BCUT2D eigenvalue weighted by atomic mass is 16.5. The number of hydrogen-bond acceptors (Lipinski definition) is 2. The van der Waals surface area contributed by atoms with Crippen molar-refractivity contribution in [1.29, 1.82) is 0 Å². The van der Waals surface area contributed by atoms with E-state index < -0.39 is 0 Å². The predicted octanol–water partition coefficient (Wildman–Crippen LogP) is 1.41. The molecule has 0 unspecified atom stereocenters. The van der Waals surface area contributed by atoms with Crippen LogP contribution in [0.5, 0.6) is 0 Å². The van der Waals surface area contributed by atoms with Crippen molar-refractivity contribution in [2.45, 2.75) is 6.92 Å². The molecule has 2 nitrogen and oxygen atoms in total. The number of nitrogens with zero attached hydrogens (tertiary/aromatic N) is 1. The lowest BCUT2D eigenvalue weighted by Crippen LogP contribution is -2.31. The van der Waals surface area contributed by atoms with Gasteiger partial charge in [-0.05, 0) is 19.2 Å². The molecule has 1 fully saturated rings. The van der Waals surface area contributed by atoms with Crippen molar-refractivity contribution >= 4 is 0 Å². The minimum atomic E-state index is 0.861. The number of ether oxygens (including phenoxy) is 1. The summed E-state index contributed by atoms with van der Waals surface area (Å²) in [5.41, 5.74) is 0. The predicted molar refractivity (Wildman–Crippen MR) is 46.3 cm³/mol. The van der Waals surface area contributed by atoms with Crippen LogP contribution in [0, 0.1) is 0 Å². The van der Waals surface area contributed by atoms with Crippen LogP contribution in [0.25, 0.3) is 0 Å². The molecule has 0 N–H and O–H groups in total. The Balaban J connectivity index is 2.23. The summed E-state index contributed by atoms with van der Waals surface area (Å²) in [5.74, 6) is 0. The van der Waals surface area contributed by atoms with Gasteiger partial charge in [-0.15, -0.1) is 0 Å². The Morgan fingerprint density at radius 1 is 1.18 bits per heavy atom. The van der Waals surface area contributed by atoms with Gasteiger partial charge >= 0.3 is 0 Å². The van der Waals surface area contributed by atoms with Crippen molar-refractivity contribution in [3.05, 3.63) is 24.4 Å². The van der Waals surface area contributed by atoms with Crippen LogP contribution in [0.4, 0.5) is 0 Å². The van der Waals surface area contributed by atoms with E-state index in [0.29, 0.717) is 0 Å². The van der Waals surface area contributed by atoms with Crippen LogP contribution in [-0.2, 0) is 4.74 Å². The topological polar surface area (TPSA) is 12.5 Å². The Morgan fingerprint density at radius 3 is 2.55 bits per heavy atom. The van der Waals surface area contributed by atoms with Gasteiger partial charge in [0.15, 0.2) is 0 Å². The fourth-order valence-electron chi connectivity index (χ4n) is 1.01. The summed E-state index contributed by atoms with van der Waals surface area (Å²) in [4.78, 5) is 2.27. The molecular weight excluding hydrogens is 138 g/mol. The number of allylic oxidation sites excluding steroid dienone is 3. The molecule has 0 radical (unpaired) electrons. The van der Waals surface area contributed by atoms with E-state index in [0.717, 1.165) is 26.3 Å². The quantitative estimate of drug-likeness (QED) is 0.556. The Hall–Kier alpha value is -0.760. The minimum Gasteiger partial charge on any atom is -0.378 e. The lowest BCUT2D eigenvalue weighted by molar-refractivity contribution is 0.0594. The van der Waals surface area contributed by atoms with Crippen molar-refractivity contribution < 1.29 is 4.74 Å². The van der Waals surface area contributed by atoms with Crippen LogP contribution < -0.4 is 0 Å². The molecule has 62 valence electrons. The summed E-state index contributed by atoms with van der Waals surface area (Å²) in [7, 11) is 0. The zero-order valence-corrected chi connectivity index (χ0v) is 6.99. The van der Waals surface area contributed by atoms with E-state index in [1.165, 1.54) is 0 Å². The maximum atomic E-state index is 5.21. The van der Waals surface area contributed by atoms with E-state index in [9.17, 15) is 0 Å². The fourth-order valence-corrected chi connectivity index (χ4v) is 1.01.